The van der Waals surface area contributed by atoms with Gasteiger partial charge in [0, 0.05) is 19.8 Å². The van der Waals surface area contributed by atoms with Gasteiger partial charge in [-0.05, 0) is 31.0 Å². The highest BCUT2D eigenvalue weighted by atomic mass is 32.2. The third kappa shape index (κ3) is 3.56. The van der Waals surface area contributed by atoms with E-state index in [4.69, 9.17) is 5.73 Å². The maximum Gasteiger partial charge on any atom is 0.242 e. The Morgan fingerprint density at radius 2 is 2.00 bits per heavy atom. The molecule has 0 fully saturated rings. The van der Waals surface area contributed by atoms with Crippen LogP contribution in [0.5, 0.6) is 0 Å². The molecule has 6 nitrogen and oxygen atoms in total. The van der Waals surface area contributed by atoms with E-state index in [9.17, 15) is 13.2 Å². The van der Waals surface area contributed by atoms with E-state index in [1.165, 1.54) is 26.2 Å². The van der Waals surface area contributed by atoms with Crippen molar-refractivity contribution in [1.82, 2.24) is 4.31 Å². The van der Waals surface area contributed by atoms with Gasteiger partial charge in [-0.15, -0.1) is 0 Å². The molecule has 1 atom stereocenters. The van der Waals surface area contributed by atoms with Gasteiger partial charge in [-0.3, -0.25) is 4.79 Å². The third-order valence-corrected chi connectivity index (χ3v) is 4.83. The molecular formula is C13H21N3O3S. The summed E-state index contributed by atoms with van der Waals surface area (Å²) in [6.07, 6.45) is 0.514. The van der Waals surface area contributed by atoms with Crippen molar-refractivity contribution in [2.75, 3.05) is 19.4 Å². The molecule has 1 rings (SSSR count). The van der Waals surface area contributed by atoms with Gasteiger partial charge in [-0.25, -0.2) is 12.7 Å². The second-order valence-corrected chi connectivity index (χ2v) is 6.92. The second kappa shape index (κ2) is 6.34. The zero-order chi connectivity index (χ0) is 15.5. The van der Waals surface area contributed by atoms with Crippen molar-refractivity contribution >= 4 is 21.6 Å². The number of nitrogens with two attached hydrogens (primary N) is 1. The molecule has 7 heteroatoms. The smallest absolute Gasteiger partial charge is 0.242 e. The number of amides is 1. The maximum absolute atomic E-state index is 12.1. The van der Waals surface area contributed by atoms with Crippen LogP contribution >= 0.6 is 0 Å². The van der Waals surface area contributed by atoms with Gasteiger partial charge in [0.1, 0.15) is 0 Å². The molecular weight excluding hydrogens is 278 g/mol. The van der Waals surface area contributed by atoms with Crippen LogP contribution in [0.15, 0.2) is 23.1 Å². The zero-order valence-corrected chi connectivity index (χ0v) is 13.0. The highest BCUT2D eigenvalue weighted by molar-refractivity contribution is 7.89. The molecule has 20 heavy (non-hydrogen) atoms. The Hall–Kier alpha value is -1.44. The van der Waals surface area contributed by atoms with Crippen molar-refractivity contribution in [1.29, 1.82) is 0 Å². The lowest BCUT2D eigenvalue weighted by molar-refractivity contribution is -0.117. The topological polar surface area (TPSA) is 92.5 Å². The fraction of sp³-hybridized carbons (Fsp3) is 0.462. The summed E-state index contributed by atoms with van der Waals surface area (Å²) in [6, 6.07) is 4.01. The Kier molecular flexibility index (Phi) is 5.27. The van der Waals surface area contributed by atoms with Gasteiger partial charge in [0.2, 0.25) is 15.9 Å². The minimum atomic E-state index is -3.53. The summed E-state index contributed by atoms with van der Waals surface area (Å²) < 4.78 is 25.2. The molecule has 0 heterocycles. The van der Waals surface area contributed by atoms with Crippen molar-refractivity contribution in [2.24, 2.45) is 5.73 Å². The predicted octanol–water partition coefficient (Wildman–Crippen LogP) is 0.921. The Bertz CT molecular complexity index is 597. The van der Waals surface area contributed by atoms with Gasteiger partial charge in [0.05, 0.1) is 10.9 Å². The number of anilines is 1. The van der Waals surface area contributed by atoms with Crippen molar-refractivity contribution in [2.45, 2.75) is 31.2 Å². The van der Waals surface area contributed by atoms with Gasteiger partial charge < -0.3 is 11.1 Å². The van der Waals surface area contributed by atoms with Gasteiger partial charge in [0.25, 0.3) is 0 Å². The summed E-state index contributed by atoms with van der Waals surface area (Å²) in [5, 5.41) is 2.67. The molecule has 0 bridgehead atoms. The summed E-state index contributed by atoms with van der Waals surface area (Å²) in [7, 11) is -0.609. The minimum Gasteiger partial charge on any atom is -0.324 e. The molecule has 0 saturated carbocycles. The van der Waals surface area contributed by atoms with Crippen LogP contribution in [0.4, 0.5) is 5.69 Å². The van der Waals surface area contributed by atoms with Crippen LogP contribution in [-0.2, 0) is 14.8 Å². The van der Waals surface area contributed by atoms with Gasteiger partial charge >= 0.3 is 0 Å². The molecule has 112 valence electrons. The monoisotopic (exact) mass is 299 g/mol. The van der Waals surface area contributed by atoms with E-state index in [1.807, 2.05) is 6.92 Å². The van der Waals surface area contributed by atoms with Crippen LogP contribution in [0, 0.1) is 6.92 Å². The van der Waals surface area contributed by atoms with Crippen LogP contribution in [0.2, 0.25) is 0 Å². The van der Waals surface area contributed by atoms with Gasteiger partial charge in [0.15, 0.2) is 0 Å². The number of hydrogen-bond donors (Lipinski definition) is 2. The first kappa shape index (κ1) is 16.6. The highest BCUT2D eigenvalue weighted by Crippen LogP contribution is 2.22. The van der Waals surface area contributed by atoms with Crippen molar-refractivity contribution in [3.63, 3.8) is 0 Å². The molecule has 0 spiro atoms. The number of carbonyl (C=O) groups excluding carboxylic acids is 1. The normalized spacial score (nSPS) is 13.3. The first-order chi connectivity index (χ1) is 9.20. The van der Waals surface area contributed by atoms with Crippen LogP contribution in [-0.4, -0.2) is 38.8 Å². The Labute approximate surface area is 120 Å². The van der Waals surface area contributed by atoms with Crippen LogP contribution in [0.1, 0.15) is 18.9 Å². The standard InChI is InChI=1S/C13H21N3O3S/c1-5-11(14)13(17)15-12-8-10(7-6-9(12)2)20(18,19)16(3)4/h6-8,11H,5,14H2,1-4H3,(H,15,17). The Morgan fingerprint density at radius 3 is 2.50 bits per heavy atom. The summed E-state index contributed by atoms with van der Waals surface area (Å²) in [4.78, 5) is 11.9. The number of benzene rings is 1. The minimum absolute atomic E-state index is 0.133. The van der Waals surface area contributed by atoms with Crippen LogP contribution in [0.25, 0.3) is 0 Å². The van der Waals surface area contributed by atoms with Gasteiger partial charge in [-0.2, -0.15) is 0 Å². The van der Waals surface area contributed by atoms with Crippen LogP contribution < -0.4 is 11.1 Å². The quantitative estimate of drug-likeness (QED) is 0.845. The lowest BCUT2D eigenvalue weighted by atomic mass is 10.1. The number of hydrogen-bond acceptors (Lipinski definition) is 4. The molecule has 3 N–H and O–H groups in total. The third-order valence-electron chi connectivity index (χ3n) is 3.02. The fourth-order valence-corrected chi connectivity index (χ4v) is 2.45. The van der Waals surface area contributed by atoms with Crippen molar-refractivity contribution in [3.05, 3.63) is 23.8 Å². The first-order valence-corrected chi connectivity index (χ1v) is 7.73. The summed E-state index contributed by atoms with van der Waals surface area (Å²) in [6.45, 7) is 3.60. The number of nitrogens with zero attached hydrogens (tertiary/aromatic N) is 1. The number of sulfonamides is 1. The molecule has 0 aliphatic carbocycles. The highest BCUT2D eigenvalue weighted by Gasteiger charge is 2.19. The molecule has 1 aromatic rings. The lowest BCUT2D eigenvalue weighted by Gasteiger charge is -2.15. The van der Waals surface area contributed by atoms with E-state index in [2.05, 4.69) is 5.32 Å². The summed E-state index contributed by atoms with van der Waals surface area (Å²) in [5.74, 6) is -0.324. The van der Waals surface area contributed by atoms with E-state index in [0.29, 0.717) is 12.1 Å². The van der Waals surface area contributed by atoms with Crippen LogP contribution in [0.3, 0.4) is 0 Å². The van der Waals surface area contributed by atoms with E-state index >= 15 is 0 Å². The number of rotatable bonds is 5. The maximum atomic E-state index is 12.1. The molecule has 1 aromatic carbocycles. The average Bonchev–Trinajstić information content (AvgIpc) is 2.39. The van der Waals surface area contributed by atoms with E-state index in [1.54, 1.807) is 13.0 Å². The first-order valence-electron chi connectivity index (χ1n) is 6.29. The number of aryl methyl sites for hydroxylation is 1. The lowest BCUT2D eigenvalue weighted by Crippen LogP contribution is -2.35. The molecule has 1 amide bonds. The van der Waals surface area contributed by atoms with Crippen molar-refractivity contribution < 1.29 is 13.2 Å². The molecule has 0 saturated heterocycles. The summed E-state index contributed by atoms with van der Waals surface area (Å²) >= 11 is 0. The zero-order valence-electron chi connectivity index (χ0n) is 12.2. The van der Waals surface area contributed by atoms with Crippen molar-refractivity contribution in [3.8, 4) is 0 Å². The Morgan fingerprint density at radius 1 is 1.40 bits per heavy atom. The van der Waals surface area contributed by atoms with Gasteiger partial charge in [-0.1, -0.05) is 13.0 Å². The second-order valence-electron chi connectivity index (χ2n) is 4.77. The molecule has 1 unspecified atom stereocenters. The number of nitrogens with one attached hydrogen (secondary N) is 1. The van der Waals surface area contributed by atoms with E-state index in [-0.39, 0.29) is 10.8 Å². The van der Waals surface area contributed by atoms with E-state index < -0.39 is 16.1 Å². The molecule has 0 aliphatic rings. The Balaban J connectivity index is 3.14. The largest absolute Gasteiger partial charge is 0.324 e. The predicted molar refractivity (Wildman–Crippen MR) is 78.9 cm³/mol. The number of carbonyl (C=O) groups is 1. The molecule has 0 radical (unpaired) electrons. The fourth-order valence-electron chi connectivity index (χ4n) is 1.52. The summed E-state index contributed by atoms with van der Waals surface area (Å²) in [5.41, 5.74) is 6.89. The molecule has 0 aliphatic heterocycles. The SMILES string of the molecule is CCC(N)C(=O)Nc1cc(S(=O)(=O)N(C)C)ccc1C. The van der Waals surface area contributed by atoms with E-state index in [0.717, 1.165) is 9.87 Å². The average molecular weight is 299 g/mol. The molecule has 0 aromatic heterocycles.